The van der Waals surface area contributed by atoms with Crippen molar-refractivity contribution in [1.82, 2.24) is 5.32 Å². The molecule has 0 radical (unpaired) electrons. The van der Waals surface area contributed by atoms with Crippen LogP contribution in [0.15, 0.2) is 42.0 Å². The number of fused-ring (bicyclic) bond motifs is 8. The molecule has 1 N–H and O–H groups in total. The quantitative estimate of drug-likeness (QED) is 0.351. The molecule has 6 aliphatic rings. The number of allylic oxidation sites excluding steroid dienone is 2. The Morgan fingerprint density at radius 1 is 0.841 bits per heavy atom. The van der Waals surface area contributed by atoms with E-state index in [-0.39, 0.29) is 44.7 Å². The molecular weight excluding hydrogens is 542 g/mol. The highest BCUT2D eigenvalue weighted by Gasteiger charge is 2.71. The summed E-state index contributed by atoms with van der Waals surface area (Å²) < 4.78 is 13.3. The van der Waals surface area contributed by atoms with Gasteiger partial charge in [-0.05, 0) is 122 Å². The Morgan fingerprint density at radius 2 is 1.55 bits per heavy atom. The average molecular weight is 602 g/mol. The van der Waals surface area contributed by atoms with Crippen molar-refractivity contribution in [3.05, 3.63) is 47.5 Å². The highest BCUT2D eigenvalue weighted by Crippen LogP contribution is 2.76. The molecular formula is C40H59NO3. The molecule has 5 fully saturated rings. The molecule has 44 heavy (non-hydrogen) atoms. The van der Waals surface area contributed by atoms with E-state index in [4.69, 9.17) is 9.47 Å². The third-order valence-electron chi connectivity index (χ3n) is 15.1. The number of ether oxygens (including phenoxy) is 2. The third-order valence-corrected chi connectivity index (χ3v) is 15.1. The minimum atomic E-state index is -0.507. The molecule has 0 unspecified atom stereocenters. The van der Waals surface area contributed by atoms with Gasteiger partial charge in [-0.3, -0.25) is 4.79 Å². The Balaban J connectivity index is 1.24. The number of hydrogen-bond acceptors (Lipinski definition) is 3. The molecule has 242 valence electrons. The summed E-state index contributed by atoms with van der Waals surface area (Å²) in [5.74, 6) is 1.33. The molecule has 4 nitrogen and oxygen atoms in total. The van der Waals surface area contributed by atoms with Crippen LogP contribution in [0, 0.1) is 50.2 Å². The molecule has 0 aromatic heterocycles. The van der Waals surface area contributed by atoms with Gasteiger partial charge in [0.15, 0.2) is 5.79 Å². The van der Waals surface area contributed by atoms with Gasteiger partial charge in [-0.2, -0.15) is 0 Å². The first-order chi connectivity index (χ1) is 20.5. The van der Waals surface area contributed by atoms with Gasteiger partial charge in [0.1, 0.15) is 0 Å². The summed E-state index contributed by atoms with van der Waals surface area (Å²) >= 11 is 0. The minimum absolute atomic E-state index is 0.0730. The van der Waals surface area contributed by atoms with Crippen LogP contribution in [0.5, 0.6) is 0 Å². The lowest BCUT2D eigenvalue weighted by atomic mass is 9.33. The predicted molar refractivity (Wildman–Crippen MR) is 177 cm³/mol. The second-order valence-corrected chi connectivity index (χ2v) is 18.7. The number of carbonyl (C=O) groups is 1. The second-order valence-electron chi connectivity index (χ2n) is 18.7. The number of nitrogens with one attached hydrogen (secondary N) is 1. The van der Waals surface area contributed by atoms with Crippen LogP contribution in [0.2, 0.25) is 0 Å². The maximum absolute atomic E-state index is 14.4. The van der Waals surface area contributed by atoms with Gasteiger partial charge in [0.05, 0.1) is 17.6 Å². The number of carbonyl (C=O) groups excluding carboxylic acids is 1. The maximum Gasteiger partial charge on any atom is 0.227 e. The van der Waals surface area contributed by atoms with E-state index in [1.54, 1.807) is 5.57 Å². The summed E-state index contributed by atoms with van der Waals surface area (Å²) in [5.41, 5.74) is 3.36. The van der Waals surface area contributed by atoms with Crippen molar-refractivity contribution in [2.45, 2.75) is 145 Å². The van der Waals surface area contributed by atoms with Crippen molar-refractivity contribution >= 4 is 5.91 Å². The van der Waals surface area contributed by atoms with Gasteiger partial charge in [0.25, 0.3) is 0 Å². The Kier molecular flexibility index (Phi) is 6.82. The number of amides is 1. The highest BCUT2D eigenvalue weighted by atomic mass is 16.8. The summed E-state index contributed by atoms with van der Waals surface area (Å²) in [6.45, 7) is 22.6. The van der Waals surface area contributed by atoms with Crippen LogP contribution in [0.4, 0.5) is 0 Å². The van der Waals surface area contributed by atoms with Crippen LogP contribution in [-0.2, 0) is 20.8 Å². The zero-order valence-electron chi connectivity index (χ0n) is 29.1. The molecule has 0 bridgehead atoms. The van der Waals surface area contributed by atoms with E-state index in [2.05, 4.69) is 98.0 Å². The highest BCUT2D eigenvalue weighted by molar-refractivity contribution is 5.84. The van der Waals surface area contributed by atoms with Crippen LogP contribution < -0.4 is 5.32 Å². The lowest BCUT2D eigenvalue weighted by molar-refractivity contribution is -0.212. The zero-order valence-corrected chi connectivity index (χ0v) is 29.1. The number of rotatable bonds is 3. The summed E-state index contributed by atoms with van der Waals surface area (Å²) in [7, 11) is 0. The van der Waals surface area contributed by atoms with Gasteiger partial charge in [-0.25, -0.2) is 0 Å². The van der Waals surface area contributed by atoms with Gasteiger partial charge in [0, 0.05) is 6.54 Å². The summed E-state index contributed by atoms with van der Waals surface area (Å²) in [6, 6.07) is 10.4. The van der Waals surface area contributed by atoms with Crippen LogP contribution >= 0.6 is 0 Å². The Bertz CT molecular complexity index is 1350. The standard InChI is InChI=1S/C40H59NO3/c1-34(2)19-21-40(33(42)41-25-26-13-11-10-12-14-26)22-20-38(8)27(28(40)23-34)15-16-31-37(7)24-29-32(44-36(5,6)43-29)35(3,4)30(37)17-18-39(31,38)9/h10-15,28-32H,16-25H2,1-9H3,(H,41,42)/t28-,29+,30-,31+,32-,37-,38+,39+,40-/m0/s1. The van der Waals surface area contributed by atoms with Crippen molar-refractivity contribution in [3.63, 3.8) is 0 Å². The molecule has 7 rings (SSSR count). The van der Waals surface area contributed by atoms with Gasteiger partial charge in [-0.1, -0.05) is 90.4 Å². The SMILES string of the molecule is CC1(C)CC[C@]2(C(=O)NCc3ccccc3)CC[C@]3(C)C(=CC[C@@H]4[C@@]5(C)C[C@H]6OC(C)(C)O[C@@H]6C(C)(C)[C@@H]5CC[C@]43C)[C@@H]2C1. The first-order valence-corrected chi connectivity index (χ1v) is 17.9. The lowest BCUT2D eigenvalue weighted by Crippen LogP contribution is -2.67. The third kappa shape index (κ3) is 4.24. The van der Waals surface area contributed by atoms with Crippen LogP contribution in [-0.4, -0.2) is 23.9 Å². The van der Waals surface area contributed by atoms with Crippen molar-refractivity contribution in [2.75, 3.05) is 0 Å². The second kappa shape index (κ2) is 9.69. The largest absolute Gasteiger partial charge is 0.352 e. The first-order valence-electron chi connectivity index (χ1n) is 17.9. The van der Waals surface area contributed by atoms with E-state index < -0.39 is 5.79 Å². The van der Waals surface area contributed by atoms with E-state index in [0.29, 0.717) is 30.2 Å². The summed E-state index contributed by atoms with van der Waals surface area (Å²) in [4.78, 5) is 14.4. The fourth-order valence-electron chi connectivity index (χ4n) is 12.7. The molecule has 1 saturated heterocycles. The van der Waals surface area contributed by atoms with Crippen LogP contribution in [0.25, 0.3) is 0 Å². The van der Waals surface area contributed by atoms with Crippen molar-refractivity contribution < 1.29 is 14.3 Å². The molecule has 1 aromatic rings. The number of hydrogen-bond donors (Lipinski definition) is 1. The normalized spacial score (nSPS) is 46.3. The lowest BCUT2D eigenvalue weighted by Gasteiger charge is -2.71. The monoisotopic (exact) mass is 601 g/mol. The topological polar surface area (TPSA) is 47.6 Å². The van der Waals surface area contributed by atoms with Gasteiger partial charge in [0.2, 0.25) is 5.91 Å². The van der Waals surface area contributed by atoms with E-state index >= 15 is 0 Å². The molecule has 1 heterocycles. The molecule has 4 saturated carbocycles. The Hall–Kier alpha value is -1.65. The molecule has 1 aliphatic heterocycles. The Labute approximate surface area is 267 Å². The van der Waals surface area contributed by atoms with Crippen LogP contribution in [0.3, 0.4) is 0 Å². The van der Waals surface area contributed by atoms with Crippen molar-refractivity contribution in [3.8, 4) is 0 Å². The van der Waals surface area contributed by atoms with Gasteiger partial charge in [-0.15, -0.1) is 0 Å². The van der Waals surface area contributed by atoms with Crippen molar-refractivity contribution in [1.29, 1.82) is 0 Å². The number of benzene rings is 1. The molecule has 9 atom stereocenters. The zero-order chi connectivity index (χ0) is 31.6. The minimum Gasteiger partial charge on any atom is -0.352 e. The summed E-state index contributed by atoms with van der Waals surface area (Å²) in [6.07, 6.45) is 13.1. The molecule has 1 amide bonds. The summed E-state index contributed by atoms with van der Waals surface area (Å²) in [5, 5.41) is 3.45. The first kappa shape index (κ1) is 31.0. The average Bonchev–Trinajstić information content (AvgIpc) is 3.26. The van der Waals surface area contributed by atoms with E-state index in [0.717, 1.165) is 44.9 Å². The Morgan fingerprint density at radius 3 is 2.27 bits per heavy atom. The molecule has 1 aromatic carbocycles. The molecule has 5 aliphatic carbocycles. The molecule has 4 heteroatoms. The predicted octanol–water partition coefficient (Wildman–Crippen LogP) is 9.23. The fraction of sp³-hybridized carbons (Fsp3) is 0.775. The van der Waals surface area contributed by atoms with E-state index in [9.17, 15) is 4.79 Å². The smallest absolute Gasteiger partial charge is 0.227 e. The van der Waals surface area contributed by atoms with Gasteiger partial charge < -0.3 is 14.8 Å². The fourth-order valence-corrected chi connectivity index (χ4v) is 12.7. The molecule has 0 spiro atoms. The van der Waals surface area contributed by atoms with Crippen molar-refractivity contribution in [2.24, 2.45) is 50.2 Å². The maximum atomic E-state index is 14.4. The van der Waals surface area contributed by atoms with E-state index in [1.807, 2.05) is 6.07 Å². The van der Waals surface area contributed by atoms with Gasteiger partial charge >= 0.3 is 0 Å². The van der Waals surface area contributed by atoms with E-state index in [1.165, 1.54) is 18.4 Å². The van der Waals surface area contributed by atoms with Crippen LogP contribution in [0.1, 0.15) is 126 Å².